The summed E-state index contributed by atoms with van der Waals surface area (Å²) in [5.74, 6) is -2.40. The molecule has 1 aromatic rings. The van der Waals surface area contributed by atoms with E-state index < -0.39 is 22.7 Å². The fraction of sp³-hybridized carbons (Fsp3) is 0.357. The van der Waals surface area contributed by atoms with Crippen LogP contribution in [0.2, 0.25) is 0 Å². The number of carbonyl (C=O) groups is 2. The standard InChI is InChI=1S/C14H14Br2N4O4/c1-2-3-4-17-6-7-13(21)18-9-5-8(15)10(16)12(20(23)24)11(9)19-14(7)22/h5-7H,2-4H2,1H3,(H,18,21)(H,19,22). The van der Waals surface area contributed by atoms with E-state index in [-0.39, 0.29) is 21.5 Å². The first-order valence-electron chi connectivity index (χ1n) is 7.14. The van der Waals surface area contributed by atoms with Crippen molar-refractivity contribution in [3.63, 3.8) is 0 Å². The Labute approximate surface area is 154 Å². The second-order valence-electron chi connectivity index (χ2n) is 5.07. The highest BCUT2D eigenvalue weighted by Gasteiger charge is 2.35. The highest BCUT2D eigenvalue weighted by Crippen LogP contribution is 2.44. The minimum absolute atomic E-state index is 0.0575. The number of carbonyl (C=O) groups excluding carboxylic acids is 2. The Bertz CT molecular complexity index is 736. The monoisotopic (exact) mass is 460 g/mol. The van der Waals surface area contributed by atoms with E-state index in [1.54, 1.807) is 0 Å². The molecular weight excluding hydrogens is 448 g/mol. The summed E-state index contributed by atoms with van der Waals surface area (Å²) in [7, 11) is 0. The average molecular weight is 462 g/mol. The summed E-state index contributed by atoms with van der Waals surface area (Å²) in [6, 6.07) is 1.49. The molecule has 1 unspecified atom stereocenters. The minimum atomic E-state index is -1.15. The van der Waals surface area contributed by atoms with Crippen molar-refractivity contribution in [3.8, 4) is 0 Å². The molecule has 1 aliphatic rings. The van der Waals surface area contributed by atoms with Gasteiger partial charge in [0.2, 0.25) is 11.8 Å². The molecule has 0 aromatic heterocycles. The van der Waals surface area contributed by atoms with Crippen LogP contribution in [0.15, 0.2) is 20.0 Å². The summed E-state index contributed by atoms with van der Waals surface area (Å²) in [4.78, 5) is 39.4. The van der Waals surface area contributed by atoms with E-state index in [2.05, 4.69) is 47.5 Å². The number of benzene rings is 1. The van der Waals surface area contributed by atoms with Gasteiger partial charge in [-0.05, 0) is 44.3 Å². The Morgan fingerprint density at radius 2 is 2.00 bits per heavy atom. The number of aliphatic imine (C=N–C) groups is 1. The summed E-state index contributed by atoms with van der Waals surface area (Å²) >= 11 is 6.30. The maximum atomic E-state index is 12.3. The van der Waals surface area contributed by atoms with Gasteiger partial charge in [-0.3, -0.25) is 24.7 Å². The Kier molecular flexibility index (Phi) is 6.05. The van der Waals surface area contributed by atoms with Gasteiger partial charge in [-0.15, -0.1) is 0 Å². The SMILES string of the molecule is CCCCN=CC1C(=O)Nc2cc(Br)c(Br)c([N+](=O)[O-])c2NC1=O. The zero-order chi connectivity index (χ0) is 17.9. The first-order chi connectivity index (χ1) is 11.4. The number of nitrogens with zero attached hydrogens (tertiary/aromatic N) is 2. The summed E-state index contributed by atoms with van der Waals surface area (Å²) in [6.45, 7) is 2.52. The number of halogens is 2. The van der Waals surface area contributed by atoms with E-state index in [0.29, 0.717) is 11.0 Å². The normalized spacial score (nSPS) is 17.2. The molecule has 0 aliphatic carbocycles. The molecule has 0 saturated carbocycles. The topological polar surface area (TPSA) is 114 Å². The van der Waals surface area contributed by atoms with Crippen LogP contribution in [0.5, 0.6) is 0 Å². The molecule has 1 heterocycles. The molecule has 0 spiro atoms. The van der Waals surface area contributed by atoms with E-state index in [4.69, 9.17) is 0 Å². The predicted molar refractivity (Wildman–Crippen MR) is 97.5 cm³/mol. The number of rotatable bonds is 5. The van der Waals surface area contributed by atoms with Gasteiger partial charge in [0.05, 0.1) is 10.6 Å². The highest BCUT2D eigenvalue weighted by atomic mass is 79.9. The zero-order valence-electron chi connectivity index (χ0n) is 12.6. The number of nitro benzene ring substituents is 1. The lowest BCUT2D eigenvalue weighted by Gasteiger charge is -2.10. The van der Waals surface area contributed by atoms with Crippen LogP contribution in [-0.2, 0) is 9.59 Å². The second-order valence-corrected chi connectivity index (χ2v) is 6.71. The fourth-order valence-corrected chi connectivity index (χ4v) is 2.98. The van der Waals surface area contributed by atoms with E-state index >= 15 is 0 Å². The number of amides is 2. The maximum Gasteiger partial charge on any atom is 0.310 e. The van der Waals surface area contributed by atoms with Crippen molar-refractivity contribution < 1.29 is 14.5 Å². The number of unbranched alkanes of at least 4 members (excludes halogenated alkanes) is 1. The van der Waals surface area contributed by atoms with Crippen LogP contribution >= 0.6 is 31.9 Å². The first kappa shape index (κ1) is 18.5. The van der Waals surface area contributed by atoms with E-state index in [0.717, 1.165) is 12.8 Å². The molecule has 2 amide bonds. The van der Waals surface area contributed by atoms with Crippen molar-refractivity contribution in [1.29, 1.82) is 0 Å². The van der Waals surface area contributed by atoms with Crippen LogP contribution in [0.3, 0.4) is 0 Å². The van der Waals surface area contributed by atoms with Gasteiger partial charge < -0.3 is 10.6 Å². The molecule has 0 bridgehead atoms. The van der Waals surface area contributed by atoms with Gasteiger partial charge in [0.15, 0.2) is 5.92 Å². The van der Waals surface area contributed by atoms with Gasteiger partial charge in [0.25, 0.3) is 0 Å². The first-order valence-corrected chi connectivity index (χ1v) is 8.73. The lowest BCUT2D eigenvalue weighted by Crippen LogP contribution is -2.32. The number of anilines is 2. The Morgan fingerprint density at radius 3 is 2.62 bits per heavy atom. The van der Waals surface area contributed by atoms with Crippen molar-refractivity contribution in [2.24, 2.45) is 10.9 Å². The predicted octanol–water partition coefficient (Wildman–Crippen LogP) is 3.50. The molecule has 24 heavy (non-hydrogen) atoms. The molecule has 2 rings (SSSR count). The van der Waals surface area contributed by atoms with Crippen LogP contribution in [0.4, 0.5) is 17.1 Å². The van der Waals surface area contributed by atoms with Crippen molar-refractivity contribution in [3.05, 3.63) is 25.1 Å². The van der Waals surface area contributed by atoms with Crippen LogP contribution in [0.1, 0.15) is 19.8 Å². The highest BCUT2D eigenvalue weighted by molar-refractivity contribution is 9.13. The van der Waals surface area contributed by atoms with Gasteiger partial charge in [0.1, 0.15) is 10.2 Å². The summed E-state index contributed by atoms with van der Waals surface area (Å²) in [6.07, 6.45) is 3.07. The molecular formula is C14H14Br2N4O4. The van der Waals surface area contributed by atoms with Crippen LogP contribution < -0.4 is 10.6 Å². The zero-order valence-corrected chi connectivity index (χ0v) is 15.8. The largest absolute Gasteiger partial charge is 0.323 e. The van der Waals surface area contributed by atoms with Gasteiger partial charge in [-0.2, -0.15) is 0 Å². The molecule has 0 fully saturated rings. The molecule has 0 saturated heterocycles. The molecule has 10 heteroatoms. The maximum absolute atomic E-state index is 12.3. The van der Waals surface area contributed by atoms with Crippen LogP contribution in [0.25, 0.3) is 0 Å². The van der Waals surface area contributed by atoms with Crippen molar-refractivity contribution in [2.75, 3.05) is 17.2 Å². The van der Waals surface area contributed by atoms with E-state index in [9.17, 15) is 19.7 Å². The molecule has 0 radical (unpaired) electrons. The molecule has 1 aromatic carbocycles. The summed E-state index contributed by atoms with van der Waals surface area (Å²) in [5, 5.41) is 16.3. The van der Waals surface area contributed by atoms with Crippen LogP contribution in [-0.4, -0.2) is 29.5 Å². The molecule has 1 aliphatic heterocycles. The van der Waals surface area contributed by atoms with Gasteiger partial charge in [-0.25, -0.2) is 0 Å². The fourth-order valence-electron chi connectivity index (χ4n) is 2.10. The Hall–Kier alpha value is -1.81. The number of fused-ring (bicyclic) bond motifs is 1. The summed E-state index contributed by atoms with van der Waals surface area (Å²) in [5.41, 5.74) is -0.242. The molecule has 128 valence electrons. The third-order valence-corrected chi connectivity index (χ3v) is 5.30. The summed E-state index contributed by atoms with van der Waals surface area (Å²) < 4.78 is 0.563. The average Bonchev–Trinajstić information content (AvgIpc) is 2.61. The van der Waals surface area contributed by atoms with Crippen molar-refractivity contribution in [2.45, 2.75) is 19.8 Å². The Balaban J connectivity index is 2.41. The molecule has 2 N–H and O–H groups in total. The minimum Gasteiger partial charge on any atom is -0.323 e. The van der Waals surface area contributed by atoms with Gasteiger partial charge >= 0.3 is 5.69 Å². The van der Waals surface area contributed by atoms with Crippen molar-refractivity contribution >= 4 is 67.0 Å². The Morgan fingerprint density at radius 1 is 1.33 bits per heavy atom. The van der Waals surface area contributed by atoms with Gasteiger partial charge in [-0.1, -0.05) is 13.3 Å². The lowest BCUT2D eigenvalue weighted by molar-refractivity contribution is -0.384. The number of hydrogen-bond acceptors (Lipinski definition) is 5. The van der Waals surface area contributed by atoms with Gasteiger partial charge in [0, 0.05) is 17.2 Å². The molecule has 1 atom stereocenters. The smallest absolute Gasteiger partial charge is 0.310 e. The van der Waals surface area contributed by atoms with Crippen molar-refractivity contribution in [1.82, 2.24) is 0 Å². The number of nitro groups is 1. The lowest BCUT2D eigenvalue weighted by atomic mass is 10.1. The number of hydrogen-bond donors (Lipinski definition) is 2. The van der Waals surface area contributed by atoms with E-state index in [1.165, 1.54) is 12.3 Å². The third kappa shape index (κ3) is 3.81. The van der Waals surface area contributed by atoms with Crippen LogP contribution in [0, 0.1) is 16.0 Å². The quantitative estimate of drug-likeness (QED) is 0.229. The second kappa shape index (κ2) is 7.84. The molecule has 8 nitrogen and oxygen atoms in total. The van der Waals surface area contributed by atoms with E-state index in [1.807, 2.05) is 6.92 Å². The third-order valence-electron chi connectivity index (χ3n) is 3.34. The number of nitrogens with one attached hydrogen (secondary N) is 2.